The van der Waals surface area contributed by atoms with Crippen molar-refractivity contribution in [2.45, 2.75) is 24.6 Å². The summed E-state index contributed by atoms with van der Waals surface area (Å²) in [5.74, 6) is -1.12. The molecule has 0 spiro atoms. The first kappa shape index (κ1) is 19.0. The van der Waals surface area contributed by atoms with Gasteiger partial charge >= 0.3 is 11.9 Å². The van der Waals surface area contributed by atoms with Crippen molar-refractivity contribution in [2.75, 3.05) is 13.7 Å². The van der Waals surface area contributed by atoms with Crippen LogP contribution in [0.2, 0.25) is 0 Å². The first-order chi connectivity index (χ1) is 13.1. The molecule has 7 nitrogen and oxygen atoms in total. The molecule has 1 saturated heterocycles. The lowest BCUT2D eigenvalue weighted by atomic mass is 10.1. The van der Waals surface area contributed by atoms with Crippen LogP contribution in [0.1, 0.15) is 20.7 Å². The predicted octanol–water partition coefficient (Wildman–Crippen LogP) is 1.80. The lowest BCUT2D eigenvalue weighted by Crippen LogP contribution is -2.40. The standard InChI is InChI=1S/C20H20O7/c1-24-17-16(27-19(22)14-10-6-3-7-11-14)15(26-20(17)23)12-25-18(21)13-8-4-2-5-9-13/h2-11,15-17,20,23H,12H2,1H3/t15-,16-,17-,20?/m1/s1. The van der Waals surface area contributed by atoms with Gasteiger partial charge < -0.3 is 24.1 Å². The van der Waals surface area contributed by atoms with E-state index in [9.17, 15) is 14.7 Å². The van der Waals surface area contributed by atoms with Crippen LogP contribution in [0.15, 0.2) is 60.7 Å². The van der Waals surface area contributed by atoms with Crippen LogP contribution in [0.4, 0.5) is 0 Å². The molecule has 142 valence electrons. The van der Waals surface area contributed by atoms with E-state index in [1.165, 1.54) is 7.11 Å². The molecule has 1 aliphatic rings. The Hall–Kier alpha value is -2.74. The van der Waals surface area contributed by atoms with E-state index in [1.807, 2.05) is 0 Å². The van der Waals surface area contributed by atoms with Crippen LogP contribution in [0.25, 0.3) is 0 Å². The summed E-state index contributed by atoms with van der Waals surface area (Å²) in [6.45, 7) is -0.197. The molecule has 27 heavy (non-hydrogen) atoms. The number of esters is 2. The van der Waals surface area contributed by atoms with Crippen LogP contribution in [-0.4, -0.2) is 55.4 Å². The molecule has 2 aromatic carbocycles. The minimum atomic E-state index is -1.30. The van der Waals surface area contributed by atoms with Crippen molar-refractivity contribution >= 4 is 11.9 Å². The number of hydrogen-bond acceptors (Lipinski definition) is 7. The topological polar surface area (TPSA) is 91.3 Å². The predicted molar refractivity (Wildman–Crippen MR) is 94.0 cm³/mol. The van der Waals surface area contributed by atoms with Crippen LogP contribution < -0.4 is 0 Å². The summed E-state index contributed by atoms with van der Waals surface area (Å²) in [4.78, 5) is 24.5. The zero-order chi connectivity index (χ0) is 19.2. The van der Waals surface area contributed by atoms with Crippen molar-refractivity contribution < 1.29 is 33.6 Å². The second-order valence-corrected chi connectivity index (χ2v) is 5.97. The van der Waals surface area contributed by atoms with Gasteiger partial charge in [-0.15, -0.1) is 0 Å². The highest BCUT2D eigenvalue weighted by atomic mass is 16.7. The highest BCUT2D eigenvalue weighted by Gasteiger charge is 2.47. The quantitative estimate of drug-likeness (QED) is 0.773. The molecule has 1 unspecified atom stereocenters. The lowest BCUT2D eigenvalue weighted by Gasteiger charge is -2.22. The number of benzene rings is 2. The Labute approximate surface area is 156 Å². The van der Waals surface area contributed by atoms with E-state index in [-0.39, 0.29) is 6.61 Å². The number of carbonyl (C=O) groups is 2. The van der Waals surface area contributed by atoms with E-state index in [0.29, 0.717) is 11.1 Å². The average molecular weight is 372 g/mol. The maximum absolute atomic E-state index is 12.4. The summed E-state index contributed by atoms with van der Waals surface area (Å²) in [6, 6.07) is 16.9. The summed E-state index contributed by atoms with van der Waals surface area (Å²) in [7, 11) is 1.37. The summed E-state index contributed by atoms with van der Waals surface area (Å²) >= 11 is 0. The third-order valence-electron chi connectivity index (χ3n) is 4.20. The van der Waals surface area contributed by atoms with E-state index >= 15 is 0 Å². The zero-order valence-corrected chi connectivity index (χ0v) is 14.7. The maximum Gasteiger partial charge on any atom is 0.338 e. The van der Waals surface area contributed by atoms with Crippen molar-refractivity contribution in [2.24, 2.45) is 0 Å². The molecule has 0 aromatic heterocycles. The first-order valence-corrected chi connectivity index (χ1v) is 8.44. The van der Waals surface area contributed by atoms with Crippen molar-refractivity contribution in [3.05, 3.63) is 71.8 Å². The van der Waals surface area contributed by atoms with Gasteiger partial charge in [-0.1, -0.05) is 36.4 Å². The Morgan fingerprint density at radius 1 is 0.926 bits per heavy atom. The Kier molecular flexibility index (Phi) is 6.18. The molecule has 2 aromatic rings. The molecule has 0 saturated carbocycles. The molecule has 1 fully saturated rings. The van der Waals surface area contributed by atoms with Gasteiger partial charge in [-0.2, -0.15) is 0 Å². The van der Waals surface area contributed by atoms with Crippen molar-refractivity contribution in [3.8, 4) is 0 Å². The van der Waals surface area contributed by atoms with Crippen molar-refractivity contribution in [1.82, 2.24) is 0 Å². The number of hydrogen-bond donors (Lipinski definition) is 1. The summed E-state index contributed by atoms with van der Waals surface area (Å²) in [6.07, 6.45) is -3.98. The van der Waals surface area contributed by atoms with Crippen LogP contribution in [0.5, 0.6) is 0 Å². The summed E-state index contributed by atoms with van der Waals surface area (Å²) in [5, 5.41) is 10.0. The number of aliphatic hydroxyl groups is 1. The Bertz CT molecular complexity index is 762. The summed E-state index contributed by atoms with van der Waals surface area (Å²) < 4.78 is 21.3. The molecular formula is C20H20O7. The molecule has 0 amide bonds. The smallest absolute Gasteiger partial charge is 0.338 e. The van der Waals surface area contributed by atoms with Gasteiger partial charge in [-0.3, -0.25) is 0 Å². The van der Waals surface area contributed by atoms with Crippen LogP contribution in [-0.2, 0) is 18.9 Å². The number of ether oxygens (including phenoxy) is 4. The SMILES string of the molecule is CO[C@H]1C(O)O[C@H](COC(=O)c2ccccc2)[C@H]1OC(=O)c1ccccc1. The fraction of sp³-hybridized carbons (Fsp3) is 0.300. The fourth-order valence-electron chi connectivity index (χ4n) is 2.82. The van der Waals surface area contributed by atoms with Gasteiger partial charge in [0.2, 0.25) is 0 Å². The van der Waals surface area contributed by atoms with Gasteiger partial charge in [-0.05, 0) is 24.3 Å². The fourth-order valence-corrected chi connectivity index (χ4v) is 2.82. The molecule has 7 heteroatoms. The van der Waals surface area contributed by atoms with Crippen molar-refractivity contribution in [3.63, 3.8) is 0 Å². The van der Waals surface area contributed by atoms with E-state index in [0.717, 1.165) is 0 Å². The molecule has 1 heterocycles. The minimum Gasteiger partial charge on any atom is -0.459 e. The molecule has 1 aliphatic heterocycles. The molecule has 0 radical (unpaired) electrons. The highest BCUT2D eigenvalue weighted by Crippen LogP contribution is 2.26. The van der Waals surface area contributed by atoms with E-state index < -0.39 is 36.5 Å². The van der Waals surface area contributed by atoms with Gasteiger partial charge in [-0.25, -0.2) is 9.59 Å². The van der Waals surface area contributed by atoms with Crippen LogP contribution in [0, 0.1) is 0 Å². The number of rotatable bonds is 6. The zero-order valence-electron chi connectivity index (χ0n) is 14.7. The van der Waals surface area contributed by atoms with Gasteiger partial charge in [0.05, 0.1) is 11.1 Å². The first-order valence-electron chi connectivity index (χ1n) is 8.44. The van der Waals surface area contributed by atoms with Gasteiger partial charge in [0.1, 0.15) is 18.8 Å². The third kappa shape index (κ3) is 4.51. The number of methoxy groups -OCH3 is 1. The highest BCUT2D eigenvalue weighted by molar-refractivity contribution is 5.90. The molecule has 1 N–H and O–H groups in total. The van der Waals surface area contributed by atoms with Crippen LogP contribution in [0.3, 0.4) is 0 Å². The Balaban J connectivity index is 1.67. The second kappa shape index (κ2) is 8.77. The Morgan fingerprint density at radius 3 is 2.04 bits per heavy atom. The van der Waals surface area contributed by atoms with E-state index in [4.69, 9.17) is 18.9 Å². The third-order valence-corrected chi connectivity index (χ3v) is 4.20. The van der Waals surface area contributed by atoms with Gasteiger partial charge in [0.15, 0.2) is 12.4 Å². The maximum atomic E-state index is 12.4. The van der Waals surface area contributed by atoms with Crippen LogP contribution >= 0.6 is 0 Å². The van der Waals surface area contributed by atoms with Crippen molar-refractivity contribution in [1.29, 1.82) is 0 Å². The van der Waals surface area contributed by atoms with E-state index in [2.05, 4.69) is 0 Å². The Morgan fingerprint density at radius 2 is 1.48 bits per heavy atom. The number of carbonyl (C=O) groups excluding carboxylic acids is 2. The average Bonchev–Trinajstić information content (AvgIpc) is 3.01. The molecule has 0 bridgehead atoms. The lowest BCUT2D eigenvalue weighted by molar-refractivity contribution is -0.140. The monoisotopic (exact) mass is 372 g/mol. The summed E-state index contributed by atoms with van der Waals surface area (Å²) in [5.41, 5.74) is 0.742. The minimum absolute atomic E-state index is 0.197. The molecule has 4 atom stereocenters. The molecule has 3 rings (SSSR count). The van der Waals surface area contributed by atoms with Gasteiger partial charge in [0, 0.05) is 7.11 Å². The molecular weight excluding hydrogens is 352 g/mol. The molecule has 0 aliphatic carbocycles. The second-order valence-electron chi connectivity index (χ2n) is 5.97. The van der Waals surface area contributed by atoms with E-state index in [1.54, 1.807) is 60.7 Å². The normalized spacial score (nSPS) is 24.4. The van der Waals surface area contributed by atoms with Gasteiger partial charge in [0.25, 0.3) is 0 Å². The largest absolute Gasteiger partial charge is 0.459 e. The number of aliphatic hydroxyl groups excluding tert-OH is 1.